The van der Waals surface area contributed by atoms with E-state index in [0.717, 1.165) is 48.0 Å². The van der Waals surface area contributed by atoms with Gasteiger partial charge in [0.2, 0.25) is 0 Å². The van der Waals surface area contributed by atoms with Gasteiger partial charge in [0.05, 0.1) is 7.11 Å². The van der Waals surface area contributed by atoms with Crippen LogP contribution in [0.15, 0.2) is 24.4 Å². The zero-order valence-corrected chi connectivity index (χ0v) is 14.0. The summed E-state index contributed by atoms with van der Waals surface area (Å²) in [5, 5.41) is 13.3. The van der Waals surface area contributed by atoms with Crippen LogP contribution in [-0.4, -0.2) is 54.4 Å². The van der Waals surface area contributed by atoms with Gasteiger partial charge in [-0.05, 0) is 42.9 Å². The van der Waals surface area contributed by atoms with Crippen molar-refractivity contribution in [1.29, 1.82) is 0 Å². The number of hydrogen-bond acceptors (Lipinski definition) is 3. The summed E-state index contributed by atoms with van der Waals surface area (Å²) in [7, 11) is 1.67. The molecule has 2 aromatic rings. The fourth-order valence-electron chi connectivity index (χ4n) is 3.40. The first-order chi connectivity index (χ1) is 11.7. The monoisotopic (exact) mass is 331 g/mol. The van der Waals surface area contributed by atoms with Gasteiger partial charge < -0.3 is 25.0 Å². The number of hydrogen-bond donors (Lipinski definition) is 3. The number of nitrogens with zero attached hydrogens (tertiary/aromatic N) is 1. The Balaban J connectivity index is 1.58. The van der Waals surface area contributed by atoms with E-state index in [9.17, 15) is 9.90 Å². The molecule has 3 N–H and O–H groups in total. The molecule has 2 heterocycles. The van der Waals surface area contributed by atoms with Crippen LogP contribution >= 0.6 is 0 Å². The van der Waals surface area contributed by atoms with Crippen LogP contribution < -0.4 is 10.1 Å². The Labute approximate surface area is 141 Å². The number of carbonyl (C=O) groups is 1. The van der Waals surface area contributed by atoms with Crippen LogP contribution in [-0.2, 0) is 6.42 Å². The summed E-state index contributed by atoms with van der Waals surface area (Å²) in [6.45, 7) is 2.13. The van der Waals surface area contributed by atoms with Crippen molar-refractivity contribution in [3.8, 4) is 5.75 Å². The topological polar surface area (TPSA) is 77.6 Å². The molecule has 1 saturated heterocycles. The number of aliphatic hydroxyl groups excluding tert-OH is 1. The molecule has 1 aromatic heterocycles. The minimum Gasteiger partial charge on any atom is -0.496 e. The lowest BCUT2D eigenvalue weighted by molar-refractivity contribution is 0.129. The number of nitrogens with one attached hydrogen (secondary N) is 2. The van der Waals surface area contributed by atoms with Crippen molar-refractivity contribution in [2.24, 2.45) is 5.92 Å². The minimum absolute atomic E-state index is 0.0417. The van der Waals surface area contributed by atoms with Crippen LogP contribution in [0.25, 0.3) is 10.9 Å². The van der Waals surface area contributed by atoms with E-state index in [1.54, 1.807) is 12.0 Å². The minimum atomic E-state index is -0.0417. The first-order valence-electron chi connectivity index (χ1n) is 8.49. The molecule has 24 heavy (non-hydrogen) atoms. The van der Waals surface area contributed by atoms with Gasteiger partial charge in [-0.3, -0.25) is 0 Å². The van der Waals surface area contributed by atoms with Gasteiger partial charge in [-0.15, -0.1) is 0 Å². The third kappa shape index (κ3) is 3.48. The molecule has 3 rings (SSSR count). The maximum atomic E-state index is 12.3. The Morgan fingerprint density at radius 1 is 1.50 bits per heavy atom. The fraction of sp³-hybridized carbons (Fsp3) is 0.500. The summed E-state index contributed by atoms with van der Waals surface area (Å²) in [6.07, 6.45) is 4.67. The zero-order valence-electron chi connectivity index (χ0n) is 14.0. The molecular weight excluding hydrogens is 306 g/mol. The second-order valence-electron chi connectivity index (χ2n) is 6.32. The van der Waals surface area contributed by atoms with E-state index >= 15 is 0 Å². The van der Waals surface area contributed by atoms with Crippen molar-refractivity contribution in [3.05, 3.63) is 30.0 Å². The number of benzene rings is 1. The quantitative estimate of drug-likeness (QED) is 0.785. The lowest BCUT2D eigenvalue weighted by Gasteiger charge is -2.31. The summed E-state index contributed by atoms with van der Waals surface area (Å²) in [5.41, 5.74) is 2.17. The molecule has 1 atom stereocenters. The molecule has 0 unspecified atom stereocenters. The predicted molar refractivity (Wildman–Crippen MR) is 93.3 cm³/mol. The van der Waals surface area contributed by atoms with E-state index in [2.05, 4.69) is 10.3 Å². The summed E-state index contributed by atoms with van der Waals surface area (Å²) in [5.74, 6) is 1.05. The maximum Gasteiger partial charge on any atom is 0.317 e. The third-order valence-electron chi connectivity index (χ3n) is 4.70. The van der Waals surface area contributed by atoms with E-state index in [4.69, 9.17) is 4.74 Å². The number of aliphatic hydroxyl groups is 1. The Morgan fingerprint density at radius 3 is 3.17 bits per heavy atom. The normalized spacial score (nSPS) is 17.9. The number of urea groups is 1. The molecule has 1 aromatic carbocycles. The van der Waals surface area contributed by atoms with Gasteiger partial charge in [0.15, 0.2) is 0 Å². The van der Waals surface area contributed by atoms with E-state index in [0.29, 0.717) is 13.1 Å². The molecule has 6 heteroatoms. The smallest absolute Gasteiger partial charge is 0.317 e. The van der Waals surface area contributed by atoms with Gasteiger partial charge in [-0.25, -0.2) is 4.79 Å². The van der Waals surface area contributed by atoms with Crippen molar-refractivity contribution in [1.82, 2.24) is 15.2 Å². The number of likely N-dealkylation sites (tertiary alicyclic amines) is 1. The number of piperidine rings is 1. The second-order valence-corrected chi connectivity index (χ2v) is 6.32. The fourth-order valence-corrected chi connectivity index (χ4v) is 3.40. The standard InChI is InChI=1S/C18H25N3O3/c1-24-16-6-2-5-15-17(16)14(10-20-15)7-8-19-18(23)21-9-3-4-13(11-21)12-22/h2,5-6,10,13,20,22H,3-4,7-9,11-12H2,1H3,(H,19,23)/t13-/m0/s1. The molecule has 0 spiro atoms. The van der Waals surface area contributed by atoms with E-state index in [1.165, 1.54) is 0 Å². The van der Waals surface area contributed by atoms with Gasteiger partial charge >= 0.3 is 6.03 Å². The molecule has 130 valence electrons. The third-order valence-corrected chi connectivity index (χ3v) is 4.70. The number of aromatic nitrogens is 1. The van der Waals surface area contributed by atoms with Crippen molar-refractivity contribution >= 4 is 16.9 Å². The first-order valence-corrected chi connectivity index (χ1v) is 8.49. The second kappa shape index (κ2) is 7.57. The van der Waals surface area contributed by atoms with Crippen LogP contribution in [0.2, 0.25) is 0 Å². The highest BCUT2D eigenvalue weighted by molar-refractivity contribution is 5.89. The number of carbonyl (C=O) groups excluding carboxylic acids is 1. The van der Waals surface area contributed by atoms with Crippen LogP contribution in [0.4, 0.5) is 4.79 Å². The van der Waals surface area contributed by atoms with Crippen molar-refractivity contribution in [2.75, 3.05) is 33.4 Å². The van der Waals surface area contributed by atoms with Crippen molar-refractivity contribution in [3.63, 3.8) is 0 Å². The highest BCUT2D eigenvalue weighted by Gasteiger charge is 2.22. The highest BCUT2D eigenvalue weighted by Crippen LogP contribution is 2.28. The average molecular weight is 331 g/mol. The van der Waals surface area contributed by atoms with Gasteiger partial charge in [-0.1, -0.05) is 6.07 Å². The van der Waals surface area contributed by atoms with Gasteiger partial charge in [-0.2, -0.15) is 0 Å². The Morgan fingerprint density at radius 2 is 2.38 bits per heavy atom. The molecule has 0 bridgehead atoms. The highest BCUT2D eigenvalue weighted by atomic mass is 16.5. The predicted octanol–water partition coefficient (Wildman–Crippen LogP) is 2.13. The summed E-state index contributed by atoms with van der Waals surface area (Å²) < 4.78 is 5.43. The van der Waals surface area contributed by atoms with Gasteiger partial charge in [0.25, 0.3) is 0 Å². The first kappa shape index (κ1) is 16.6. The van der Waals surface area contributed by atoms with Crippen LogP contribution in [0, 0.1) is 5.92 Å². The Kier molecular flexibility index (Phi) is 5.25. The Bertz CT molecular complexity index is 698. The Hall–Kier alpha value is -2.21. The summed E-state index contributed by atoms with van der Waals surface area (Å²) in [6, 6.07) is 5.88. The molecule has 1 fully saturated rings. The molecule has 0 saturated carbocycles. The van der Waals surface area contributed by atoms with Crippen LogP contribution in [0.3, 0.4) is 0 Å². The zero-order chi connectivity index (χ0) is 16.9. The SMILES string of the molecule is COc1cccc2[nH]cc(CCNC(=O)N3CCC[C@H](CO)C3)c12. The van der Waals surface area contributed by atoms with Crippen LogP contribution in [0.5, 0.6) is 5.75 Å². The lowest BCUT2D eigenvalue weighted by atomic mass is 9.99. The number of amides is 2. The molecule has 1 aliphatic rings. The summed E-state index contributed by atoms with van der Waals surface area (Å²) in [4.78, 5) is 17.3. The van der Waals surface area contributed by atoms with E-state index < -0.39 is 0 Å². The number of ether oxygens (including phenoxy) is 1. The molecule has 1 aliphatic heterocycles. The van der Waals surface area contributed by atoms with Crippen molar-refractivity contribution in [2.45, 2.75) is 19.3 Å². The molecule has 6 nitrogen and oxygen atoms in total. The van der Waals surface area contributed by atoms with Crippen LogP contribution in [0.1, 0.15) is 18.4 Å². The number of methoxy groups -OCH3 is 1. The number of fused-ring (bicyclic) bond motifs is 1. The average Bonchev–Trinajstić information content (AvgIpc) is 3.05. The molecular formula is C18H25N3O3. The maximum absolute atomic E-state index is 12.3. The largest absolute Gasteiger partial charge is 0.496 e. The van der Waals surface area contributed by atoms with E-state index in [-0.39, 0.29) is 18.6 Å². The lowest BCUT2D eigenvalue weighted by Crippen LogP contribution is -2.46. The molecule has 0 aliphatic carbocycles. The summed E-state index contributed by atoms with van der Waals surface area (Å²) >= 11 is 0. The number of H-pyrrole nitrogens is 1. The molecule has 0 radical (unpaired) electrons. The van der Waals surface area contributed by atoms with Gasteiger partial charge in [0.1, 0.15) is 5.75 Å². The van der Waals surface area contributed by atoms with Crippen molar-refractivity contribution < 1.29 is 14.6 Å². The number of rotatable bonds is 5. The van der Waals surface area contributed by atoms with E-state index in [1.807, 2.05) is 24.4 Å². The molecule has 2 amide bonds. The van der Waals surface area contributed by atoms with Gasteiger partial charge in [0, 0.05) is 43.3 Å². The number of aromatic amines is 1.